The molecule has 2 saturated heterocycles. The molecule has 2 unspecified atom stereocenters. The predicted molar refractivity (Wildman–Crippen MR) is 71.2 cm³/mol. The molecule has 2 fully saturated rings. The van der Waals surface area contributed by atoms with Crippen molar-refractivity contribution in [3.8, 4) is 6.07 Å². The average molecular weight is 279 g/mol. The van der Waals surface area contributed by atoms with Gasteiger partial charge in [0, 0.05) is 25.8 Å². The molecule has 2 heterocycles. The summed E-state index contributed by atoms with van der Waals surface area (Å²) in [7, 11) is 0. The quantitative estimate of drug-likeness (QED) is 0.792. The van der Waals surface area contributed by atoms with Crippen LogP contribution in [0.15, 0.2) is 0 Å². The van der Waals surface area contributed by atoms with Crippen molar-refractivity contribution in [3.63, 3.8) is 0 Å². The predicted octanol–water partition coefficient (Wildman–Crippen LogP) is 0.419. The Morgan fingerprint density at radius 1 is 1.35 bits per heavy atom. The maximum atomic E-state index is 12.8. The maximum absolute atomic E-state index is 12.8. The van der Waals surface area contributed by atoms with Crippen molar-refractivity contribution >= 4 is 11.8 Å². The Balaban J connectivity index is 2.17. The Hall–Kier alpha value is -1.61. The summed E-state index contributed by atoms with van der Waals surface area (Å²) in [5.74, 6) is -0.833. The molecule has 0 radical (unpaired) electrons. The van der Waals surface area contributed by atoms with E-state index in [0.29, 0.717) is 39.0 Å². The van der Waals surface area contributed by atoms with E-state index in [-0.39, 0.29) is 23.8 Å². The van der Waals surface area contributed by atoms with Gasteiger partial charge < -0.3 is 15.4 Å². The zero-order chi connectivity index (χ0) is 14.8. The highest BCUT2D eigenvalue weighted by atomic mass is 16.5. The molecule has 0 bridgehead atoms. The highest BCUT2D eigenvalue weighted by molar-refractivity contribution is 5.87. The smallest absolute Gasteiger partial charge is 0.243 e. The van der Waals surface area contributed by atoms with E-state index < -0.39 is 5.41 Å². The van der Waals surface area contributed by atoms with Crippen molar-refractivity contribution in [1.29, 1.82) is 5.26 Å². The lowest BCUT2D eigenvalue weighted by molar-refractivity contribution is -0.149. The van der Waals surface area contributed by atoms with Crippen LogP contribution >= 0.6 is 0 Å². The third-order valence-electron chi connectivity index (χ3n) is 4.52. The lowest BCUT2D eigenvalue weighted by Gasteiger charge is -2.42. The van der Waals surface area contributed by atoms with Gasteiger partial charge in [-0.2, -0.15) is 5.26 Å². The van der Waals surface area contributed by atoms with E-state index in [1.54, 1.807) is 4.90 Å². The Morgan fingerprint density at radius 2 is 2.00 bits per heavy atom. The highest BCUT2D eigenvalue weighted by Crippen LogP contribution is 2.35. The summed E-state index contributed by atoms with van der Waals surface area (Å²) in [6.07, 6.45) is 2.31. The Bertz CT molecular complexity index is 437. The van der Waals surface area contributed by atoms with Gasteiger partial charge in [-0.15, -0.1) is 0 Å². The Labute approximate surface area is 118 Å². The van der Waals surface area contributed by atoms with Crippen LogP contribution in [0, 0.1) is 22.7 Å². The molecule has 0 aromatic rings. The number of amides is 2. The van der Waals surface area contributed by atoms with Crippen molar-refractivity contribution < 1.29 is 14.3 Å². The first-order chi connectivity index (χ1) is 9.50. The van der Waals surface area contributed by atoms with Gasteiger partial charge in [0.15, 0.2) is 0 Å². The minimum Gasteiger partial charge on any atom is -0.381 e. The van der Waals surface area contributed by atoms with Crippen molar-refractivity contribution in [2.24, 2.45) is 17.1 Å². The van der Waals surface area contributed by atoms with E-state index in [1.165, 1.54) is 0 Å². The number of hydrogen-bond donors (Lipinski definition) is 1. The van der Waals surface area contributed by atoms with Gasteiger partial charge in [-0.3, -0.25) is 9.59 Å². The summed E-state index contributed by atoms with van der Waals surface area (Å²) in [6.45, 7) is 3.15. The molecule has 2 aliphatic rings. The standard InChI is InChI=1S/C14H21N3O3/c1-10-2-3-11(12(16)18)8-17(10)13(19)14(9-15)4-6-20-7-5-14/h10-11H,2-8H2,1H3,(H2,16,18). The lowest BCUT2D eigenvalue weighted by atomic mass is 9.79. The van der Waals surface area contributed by atoms with Gasteiger partial charge in [-0.25, -0.2) is 0 Å². The van der Waals surface area contributed by atoms with Crippen molar-refractivity contribution in [1.82, 2.24) is 4.90 Å². The molecule has 110 valence electrons. The molecule has 2 N–H and O–H groups in total. The van der Waals surface area contributed by atoms with Gasteiger partial charge >= 0.3 is 0 Å². The summed E-state index contributed by atoms with van der Waals surface area (Å²) >= 11 is 0. The van der Waals surface area contributed by atoms with E-state index in [4.69, 9.17) is 10.5 Å². The molecule has 2 amide bonds. The number of carbonyl (C=O) groups is 2. The number of likely N-dealkylation sites (tertiary alicyclic amines) is 1. The monoisotopic (exact) mass is 279 g/mol. The summed E-state index contributed by atoms with van der Waals surface area (Å²) in [5, 5.41) is 9.46. The van der Waals surface area contributed by atoms with Crippen LogP contribution < -0.4 is 5.73 Å². The minimum atomic E-state index is -0.994. The van der Waals surface area contributed by atoms with Gasteiger partial charge in [0.05, 0.1) is 12.0 Å². The molecule has 2 rings (SSSR count). The maximum Gasteiger partial charge on any atom is 0.243 e. The molecular weight excluding hydrogens is 258 g/mol. The molecule has 20 heavy (non-hydrogen) atoms. The Morgan fingerprint density at radius 3 is 2.55 bits per heavy atom. The van der Waals surface area contributed by atoms with Gasteiger partial charge in [0.2, 0.25) is 11.8 Å². The second-order valence-electron chi connectivity index (χ2n) is 5.79. The van der Waals surface area contributed by atoms with Crippen LogP contribution in [-0.2, 0) is 14.3 Å². The topological polar surface area (TPSA) is 96.4 Å². The van der Waals surface area contributed by atoms with Crippen LogP contribution in [-0.4, -0.2) is 42.5 Å². The van der Waals surface area contributed by atoms with Crippen LogP contribution in [0.3, 0.4) is 0 Å². The highest BCUT2D eigenvalue weighted by Gasteiger charge is 2.45. The number of rotatable bonds is 2. The molecular formula is C14H21N3O3. The minimum absolute atomic E-state index is 0.0474. The zero-order valence-electron chi connectivity index (χ0n) is 11.8. The first kappa shape index (κ1) is 14.8. The van der Waals surface area contributed by atoms with E-state index in [0.717, 1.165) is 6.42 Å². The van der Waals surface area contributed by atoms with Crippen molar-refractivity contribution in [2.45, 2.75) is 38.6 Å². The number of nitrogens with two attached hydrogens (primary N) is 1. The van der Waals surface area contributed by atoms with Crippen LogP contribution in [0.2, 0.25) is 0 Å². The molecule has 6 nitrogen and oxygen atoms in total. The number of hydrogen-bond acceptors (Lipinski definition) is 4. The van der Waals surface area contributed by atoms with E-state index >= 15 is 0 Å². The largest absolute Gasteiger partial charge is 0.381 e. The van der Waals surface area contributed by atoms with Gasteiger partial charge in [0.25, 0.3) is 0 Å². The average Bonchev–Trinajstić information content (AvgIpc) is 2.47. The molecule has 2 atom stereocenters. The molecule has 0 aromatic heterocycles. The van der Waals surface area contributed by atoms with E-state index in [1.807, 2.05) is 6.92 Å². The van der Waals surface area contributed by atoms with E-state index in [9.17, 15) is 14.9 Å². The van der Waals surface area contributed by atoms with Crippen LogP contribution in [0.25, 0.3) is 0 Å². The SMILES string of the molecule is CC1CCC(C(N)=O)CN1C(=O)C1(C#N)CCOCC1. The molecule has 0 spiro atoms. The zero-order valence-corrected chi connectivity index (χ0v) is 11.8. The molecule has 6 heteroatoms. The lowest BCUT2D eigenvalue weighted by Crippen LogP contribution is -2.54. The number of nitriles is 1. The van der Waals surface area contributed by atoms with Crippen LogP contribution in [0.5, 0.6) is 0 Å². The third-order valence-corrected chi connectivity index (χ3v) is 4.52. The van der Waals surface area contributed by atoms with Crippen LogP contribution in [0.1, 0.15) is 32.6 Å². The number of piperidine rings is 1. The van der Waals surface area contributed by atoms with Crippen molar-refractivity contribution in [3.05, 3.63) is 0 Å². The van der Waals surface area contributed by atoms with Crippen LogP contribution in [0.4, 0.5) is 0 Å². The van der Waals surface area contributed by atoms with E-state index in [2.05, 4.69) is 6.07 Å². The fourth-order valence-corrected chi connectivity index (χ4v) is 2.99. The number of ether oxygens (including phenoxy) is 1. The second kappa shape index (κ2) is 5.80. The fraction of sp³-hybridized carbons (Fsp3) is 0.786. The van der Waals surface area contributed by atoms with Gasteiger partial charge in [-0.05, 0) is 32.6 Å². The summed E-state index contributed by atoms with van der Waals surface area (Å²) in [5.41, 5.74) is 4.36. The summed E-state index contributed by atoms with van der Waals surface area (Å²) < 4.78 is 5.25. The number of primary amides is 1. The van der Waals surface area contributed by atoms with Crippen molar-refractivity contribution in [2.75, 3.05) is 19.8 Å². The summed E-state index contributed by atoms with van der Waals surface area (Å²) in [4.78, 5) is 25.8. The normalized spacial score (nSPS) is 29.5. The molecule has 0 aromatic carbocycles. The Kier molecular flexibility index (Phi) is 4.29. The molecule has 0 saturated carbocycles. The van der Waals surface area contributed by atoms with Gasteiger partial charge in [-0.1, -0.05) is 0 Å². The number of carbonyl (C=O) groups excluding carboxylic acids is 2. The third kappa shape index (κ3) is 2.63. The number of nitrogens with zero attached hydrogens (tertiary/aromatic N) is 2. The second-order valence-corrected chi connectivity index (χ2v) is 5.79. The molecule has 2 aliphatic heterocycles. The van der Waals surface area contributed by atoms with Gasteiger partial charge in [0.1, 0.15) is 5.41 Å². The molecule has 0 aliphatic carbocycles. The first-order valence-electron chi connectivity index (χ1n) is 7.09. The summed E-state index contributed by atoms with van der Waals surface area (Å²) in [6, 6.07) is 2.24. The fourth-order valence-electron chi connectivity index (χ4n) is 2.99. The first-order valence-corrected chi connectivity index (χ1v) is 7.09.